The van der Waals surface area contributed by atoms with Crippen LogP contribution in [0.3, 0.4) is 0 Å². The number of benzene rings is 1. The molecule has 0 radical (unpaired) electrons. The average molecular weight is 353 g/mol. The first-order valence-electron chi connectivity index (χ1n) is 9.55. The lowest BCUT2D eigenvalue weighted by molar-refractivity contribution is -0.365. The summed E-state index contributed by atoms with van der Waals surface area (Å²) in [5, 5.41) is 0. The molecule has 0 aliphatic carbocycles. The number of hydrogen-bond donors (Lipinski definition) is 0. The first kappa shape index (κ1) is 21.9. The van der Waals surface area contributed by atoms with Crippen LogP contribution in [0.15, 0.2) is 24.3 Å². The van der Waals surface area contributed by atoms with Crippen LogP contribution in [0, 0.1) is 0 Å². The molecule has 0 amide bonds. The Kier molecular flexibility index (Phi) is 10.8. The van der Waals surface area contributed by atoms with E-state index in [1.807, 2.05) is 19.1 Å². The number of unbranched alkanes of at least 4 members (excludes halogenated alkanes) is 5. The Hall–Kier alpha value is -1.10. The lowest BCUT2D eigenvalue weighted by Crippen LogP contribution is -2.42. The van der Waals surface area contributed by atoms with Gasteiger partial charge in [0.05, 0.1) is 12.5 Å². The van der Waals surface area contributed by atoms with Gasteiger partial charge < -0.3 is 18.9 Å². The van der Waals surface area contributed by atoms with E-state index in [9.17, 15) is 0 Å². The molecular weight excluding hydrogens is 316 g/mol. The van der Waals surface area contributed by atoms with Crippen LogP contribution in [0.25, 0.3) is 0 Å². The van der Waals surface area contributed by atoms with Crippen LogP contribution in [-0.4, -0.2) is 33.9 Å². The number of methoxy groups -OCH3 is 3. The van der Waals surface area contributed by atoms with E-state index in [-0.39, 0.29) is 5.92 Å². The van der Waals surface area contributed by atoms with Crippen molar-refractivity contribution in [1.82, 2.24) is 0 Å². The van der Waals surface area contributed by atoms with Crippen LogP contribution >= 0.6 is 0 Å². The normalized spacial score (nSPS) is 13.0. The quantitative estimate of drug-likeness (QED) is 0.327. The molecule has 0 fully saturated rings. The van der Waals surface area contributed by atoms with Gasteiger partial charge in [0.2, 0.25) is 0 Å². The Labute approximate surface area is 153 Å². The van der Waals surface area contributed by atoms with Crippen molar-refractivity contribution >= 4 is 0 Å². The van der Waals surface area contributed by atoms with Gasteiger partial charge in [0.15, 0.2) is 0 Å². The minimum absolute atomic E-state index is 0.00866. The van der Waals surface area contributed by atoms with Gasteiger partial charge in [-0.15, -0.1) is 0 Å². The second-order valence-electron chi connectivity index (χ2n) is 6.33. The molecule has 1 rings (SSSR count). The Balaban J connectivity index is 2.83. The van der Waals surface area contributed by atoms with Crippen LogP contribution in [0.4, 0.5) is 0 Å². The van der Waals surface area contributed by atoms with E-state index in [1.165, 1.54) is 32.1 Å². The zero-order chi connectivity index (χ0) is 18.5. The van der Waals surface area contributed by atoms with Crippen molar-refractivity contribution in [3.8, 4) is 5.75 Å². The minimum atomic E-state index is -1.06. The number of rotatable bonds is 14. The molecule has 0 heterocycles. The highest BCUT2D eigenvalue weighted by atomic mass is 16.9. The maximum Gasteiger partial charge on any atom is 0.289 e. The third-order valence-corrected chi connectivity index (χ3v) is 4.72. The molecule has 0 saturated carbocycles. The number of hydrogen-bond acceptors (Lipinski definition) is 4. The third-order valence-electron chi connectivity index (χ3n) is 4.72. The molecule has 0 spiro atoms. The van der Waals surface area contributed by atoms with Crippen molar-refractivity contribution in [2.45, 2.75) is 70.7 Å². The lowest BCUT2D eigenvalue weighted by Gasteiger charge is -2.36. The SMILES string of the molecule is CCCCCCCCC(c1ccc(OCC)cc1)C(OC)(OC)OC. The predicted octanol–water partition coefficient (Wildman–Crippen LogP) is 5.51. The first-order chi connectivity index (χ1) is 12.2. The molecule has 1 aromatic carbocycles. The molecule has 0 bridgehead atoms. The maximum atomic E-state index is 5.65. The fourth-order valence-electron chi connectivity index (χ4n) is 3.32. The van der Waals surface area contributed by atoms with E-state index in [2.05, 4.69) is 19.1 Å². The van der Waals surface area contributed by atoms with Crippen LogP contribution in [0.5, 0.6) is 5.75 Å². The summed E-state index contributed by atoms with van der Waals surface area (Å²) in [5.41, 5.74) is 1.14. The van der Waals surface area contributed by atoms with E-state index < -0.39 is 5.97 Å². The summed E-state index contributed by atoms with van der Waals surface area (Å²) in [5.74, 6) is -0.173. The summed E-state index contributed by atoms with van der Waals surface area (Å²) in [6.07, 6.45) is 8.49. The van der Waals surface area contributed by atoms with E-state index in [4.69, 9.17) is 18.9 Å². The number of ether oxygens (including phenoxy) is 4. The Morgan fingerprint density at radius 3 is 1.88 bits per heavy atom. The van der Waals surface area contributed by atoms with Crippen molar-refractivity contribution in [3.05, 3.63) is 29.8 Å². The van der Waals surface area contributed by atoms with Gasteiger partial charge in [0.25, 0.3) is 5.97 Å². The fourth-order valence-corrected chi connectivity index (χ4v) is 3.32. The predicted molar refractivity (Wildman–Crippen MR) is 102 cm³/mol. The van der Waals surface area contributed by atoms with Crippen LogP contribution < -0.4 is 4.74 Å². The molecule has 0 saturated heterocycles. The molecule has 1 unspecified atom stereocenters. The van der Waals surface area contributed by atoms with Gasteiger partial charge in [-0.2, -0.15) is 0 Å². The summed E-state index contributed by atoms with van der Waals surface area (Å²) >= 11 is 0. The van der Waals surface area contributed by atoms with Crippen LogP contribution in [0.2, 0.25) is 0 Å². The summed E-state index contributed by atoms with van der Waals surface area (Å²) in [7, 11) is 4.90. The second-order valence-corrected chi connectivity index (χ2v) is 6.33. The monoisotopic (exact) mass is 352 g/mol. The van der Waals surface area contributed by atoms with Crippen molar-refractivity contribution in [2.75, 3.05) is 27.9 Å². The topological polar surface area (TPSA) is 36.9 Å². The standard InChI is InChI=1S/C21H36O4/c1-6-8-9-10-11-12-13-20(21(22-3,23-4)24-5)18-14-16-19(17-15-18)25-7-2/h14-17,20H,6-13H2,1-5H3. The molecule has 1 atom stereocenters. The van der Waals surface area contributed by atoms with Crippen molar-refractivity contribution < 1.29 is 18.9 Å². The zero-order valence-electron chi connectivity index (χ0n) is 16.7. The van der Waals surface area contributed by atoms with Gasteiger partial charge in [-0.1, -0.05) is 57.6 Å². The smallest absolute Gasteiger partial charge is 0.289 e. The third kappa shape index (κ3) is 6.61. The molecule has 0 aromatic heterocycles. The summed E-state index contributed by atoms with van der Waals surface area (Å²) in [6.45, 7) is 4.89. The minimum Gasteiger partial charge on any atom is -0.494 e. The highest BCUT2D eigenvalue weighted by molar-refractivity contribution is 5.30. The van der Waals surface area contributed by atoms with Crippen molar-refractivity contribution in [2.24, 2.45) is 0 Å². The van der Waals surface area contributed by atoms with Crippen LogP contribution in [-0.2, 0) is 14.2 Å². The largest absolute Gasteiger partial charge is 0.494 e. The van der Waals surface area contributed by atoms with Gasteiger partial charge in [0.1, 0.15) is 5.75 Å². The first-order valence-corrected chi connectivity index (χ1v) is 9.55. The summed E-state index contributed by atoms with van der Waals surface area (Å²) < 4.78 is 22.5. The van der Waals surface area contributed by atoms with Crippen molar-refractivity contribution in [1.29, 1.82) is 0 Å². The molecule has 0 aliphatic heterocycles. The molecule has 25 heavy (non-hydrogen) atoms. The Morgan fingerprint density at radius 1 is 0.800 bits per heavy atom. The van der Waals surface area contributed by atoms with E-state index >= 15 is 0 Å². The highest BCUT2D eigenvalue weighted by Crippen LogP contribution is 2.37. The second kappa shape index (κ2) is 12.3. The van der Waals surface area contributed by atoms with Crippen LogP contribution in [0.1, 0.15) is 70.3 Å². The Morgan fingerprint density at radius 2 is 1.36 bits per heavy atom. The maximum absolute atomic E-state index is 5.65. The highest BCUT2D eigenvalue weighted by Gasteiger charge is 2.40. The molecule has 4 nitrogen and oxygen atoms in total. The van der Waals surface area contributed by atoms with E-state index in [1.54, 1.807) is 21.3 Å². The van der Waals surface area contributed by atoms with Gasteiger partial charge in [-0.25, -0.2) is 0 Å². The molecule has 4 heteroatoms. The molecule has 144 valence electrons. The van der Waals surface area contributed by atoms with Gasteiger partial charge in [0, 0.05) is 21.3 Å². The Bertz CT molecular complexity index is 431. The van der Waals surface area contributed by atoms with E-state index in [0.717, 1.165) is 24.2 Å². The summed E-state index contributed by atoms with van der Waals surface area (Å²) in [6, 6.07) is 8.16. The zero-order valence-corrected chi connectivity index (χ0v) is 16.7. The fraction of sp³-hybridized carbons (Fsp3) is 0.714. The van der Waals surface area contributed by atoms with E-state index in [0.29, 0.717) is 6.61 Å². The van der Waals surface area contributed by atoms with Gasteiger partial charge in [-0.05, 0) is 31.0 Å². The van der Waals surface area contributed by atoms with Gasteiger partial charge >= 0.3 is 0 Å². The lowest BCUT2D eigenvalue weighted by atomic mass is 9.90. The summed E-state index contributed by atoms with van der Waals surface area (Å²) in [4.78, 5) is 0. The average Bonchev–Trinajstić information content (AvgIpc) is 2.65. The van der Waals surface area contributed by atoms with Crippen molar-refractivity contribution in [3.63, 3.8) is 0 Å². The van der Waals surface area contributed by atoms with Gasteiger partial charge in [-0.3, -0.25) is 0 Å². The molecule has 0 aliphatic rings. The molecular formula is C21H36O4. The molecule has 1 aromatic rings. The molecule has 0 N–H and O–H groups in total.